The van der Waals surface area contributed by atoms with Crippen LogP contribution in [0.15, 0.2) is 48.5 Å². The number of benzene rings is 3. The first-order chi connectivity index (χ1) is 16.6. The molecule has 0 spiro atoms. The highest BCUT2D eigenvalue weighted by molar-refractivity contribution is 6.44. The third-order valence-corrected chi connectivity index (χ3v) is 8.37. The minimum Gasteiger partial charge on any atom is -0.309 e. The Morgan fingerprint density at radius 3 is 1.53 bits per heavy atom. The Morgan fingerprint density at radius 1 is 0.559 bits per heavy atom. The number of anilines is 3. The lowest BCUT2D eigenvalue weighted by Crippen LogP contribution is -2.13. The Balaban J connectivity index is 1.65. The third kappa shape index (κ3) is 5.16. The summed E-state index contributed by atoms with van der Waals surface area (Å²) in [4.78, 5) is 2.33. The van der Waals surface area contributed by atoms with Crippen molar-refractivity contribution < 1.29 is 0 Å². The third-order valence-electron chi connectivity index (χ3n) is 7.57. The first-order valence-corrected chi connectivity index (χ1v) is 13.8. The fraction of sp³-hybridized carbons (Fsp3) is 0.419. The molecule has 2 aliphatic rings. The topological polar surface area (TPSA) is 3.24 Å². The smallest absolute Gasteiger partial charge is 0.0832 e. The monoisotopic (exact) mass is 491 g/mol. The van der Waals surface area contributed by atoms with E-state index in [1.165, 1.54) is 97.8 Å². The maximum atomic E-state index is 6.87. The zero-order valence-corrected chi connectivity index (χ0v) is 21.8. The molecule has 0 aliphatic heterocycles. The van der Waals surface area contributed by atoms with Crippen LogP contribution in [0.2, 0.25) is 10.0 Å². The van der Waals surface area contributed by atoms with Crippen LogP contribution < -0.4 is 4.90 Å². The Labute approximate surface area is 215 Å². The summed E-state index contributed by atoms with van der Waals surface area (Å²) in [5.41, 5.74) is 10.4. The van der Waals surface area contributed by atoms with E-state index in [2.05, 4.69) is 54.3 Å². The maximum absolute atomic E-state index is 6.87. The lowest BCUT2D eigenvalue weighted by atomic mass is 9.92. The highest BCUT2D eigenvalue weighted by atomic mass is 35.5. The highest BCUT2D eigenvalue weighted by Crippen LogP contribution is 2.43. The molecule has 3 aromatic carbocycles. The molecular weight excluding hydrogens is 457 g/mol. The Hall–Kier alpha value is -1.96. The molecule has 3 heteroatoms. The van der Waals surface area contributed by atoms with Gasteiger partial charge in [0.2, 0.25) is 0 Å². The van der Waals surface area contributed by atoms with E-state index in [4.69, 9.17) is 23.2 Å². The Morgan fingerprint density at radius 2 is 1.03 bits per heavy atom. The molecule has 2 aliphatic carbocycles. The van der Waals surface area contributed by atoms with Crippen molar-refractivity contribution in [1.82, 2.24) is 0 Å². The minimum absolute atomic E-state index is 0.610. The second kappa shape index (κ2) is 10.8. The van der Waals surface area contributed by atoms with Gasteiger partial charge < -0.3 is 4.90 Å². The average Bonchev–Trinajstić information content (AvgIpc) is 2.79. The van der Waals surface area contributed by atoms with Crippen molar-refractivity contribution in [3.63, 3.8) is 0 Å². The molecule has 0 saturated carbocycles. The SMILES string of the molecule is Cc1cc(Cl)c(Cl)c(N(c2ccc3c(c2)CCCCCC3)c2ccc3c(c2)CCCCCC3)c1. The van der Waals surface area contributed by atoms with Crippen LogP contribution in [0.3, 0.4) is 0 Å². The van der Waals surface area contributed by atoms with Crippen LogP contribution in [0, 0.1) is 6.92 Å². The van der Waals surface area contributed by atoms with Gasteiger partial charge >= 0.3 is 0 Å². The molecule has 0 radical (unpaired) electrons. The van der Waals surface area contributed by atoms with E-state index in [1.807, 2.05) is 6.07 Å². The van der Waals surface area contributed by atoms with Gasteiger partial charge in [0.05, 0.1) is 15.7 Å². The average molecular weight is 493 g/mol. The van der Waals surface area contributed by atoms with Crippen molar-refractivity contribution >= 4 is 40.3 Å². The molecule has 34 heavy (non-hydrogen) atoms. The van der Waals surface area contributed by atoms with Gasteiger partial charge in [0, 0.05) is 11.4 Å². The predicted octanol–water partition coefficient (Wildman–Crippen LogP) is 10.1. The van der Waals surface area contributed by atoms with E-state index in [0.29, 0.717) is 10.0 Å². The van der Waals surface area contributed by atoms with Gasteiger partial charge in [-0.15, -0.1) is 0 Å². The molecule has 5 rings (SSSR count). The van der Waals surface area contributed by atoms with E-state index < -0.39 is 0 Å². The molecule has 0 amide bonds. The summed E-state index contributed by atoms with van der Waals surface area (Å²) >= 11 is 13.5. The number of fused-ring (bicyclic) bond motifs is 2. The molecule has 0 N–H and O–H groups in total. The first-order valence-electron chi connectivity index (χ1n) is 13.1. The zero-order valence-electron chi connectivity index (χ0n) is 20.3. The van der Waals surface area contributed by atoms with E-state index >= 15 is 0 Å². The van der Waals surface area contributed by atoms with Crippen LogP contribution in [-0.2, 0) is 25.7 Å². The van der Waals surface area contributed by atoms with Gasteiger partial charge in [0.15, 0.2) is 0 Å². The van der Waals surface area contributed by atoms with E-state index in [-0.39, 0.29) is 0 Å². The second-order valence-electron chi connectivity index (χ2n) is 10.1. The van der Waals surface area contributed by atoms with Gasteiger partial charge in [-0.25, -0.2) is 0 Å². The van der Waals surface area contributed by atoms with E-state index in [1.54, 1.807) is 0 Å². The Bertz CT molecular complexity index is 1100. The van der Waals surface area contributed by atoms with Crippen molar-refractivity contribution in [2.24, 2.45) is 0 Å². The van der Waals surface area contributed by atoms with Crippen LogP contribution in [0.25, 0.3) is 0 Å². The zero-order chi connectivity index (χ0) is 23.5. The summed E-state index contributed by atoms with van der Waals surface area (Å²) in [5.74, 6) is 0. The lowest BCUT2D eigenvalue weighted by Gasteiger charge is -2.29. The summed E-state index contributed by atoms with van der Waals surface area (Å²) in [6, 6.07) is 18.2. The highest BCUT2D eigenvalue weighted by Gasteiger charge is 2.21. The van der Waals surface area contributed by atoms with Gasteiger partial charge in [0.1, 0.15) is 0 Å². The van der Waals surface area contributed by atoms with Gasteiger partial charge in [-0.3, -0.25) is 0 Å². The summed E-state index contributed by atoms with van der Waals surface area (Å²) < 4.78 is 0. The summed E-state index contributed by atoms with van der Waals surface area (Å²) in [6.07, 6.45) is 15.2. The van der Waals surface area contributed by atoms with Gasteiger partial charge in [-0.1, -0.05) is 61.0 Å². The molecular formula is C31H35Cl2N. The number of aryl methyl sites for hydroxylation is 5. The number of halogens is 2. The van der Waals surface area contributed by atoms with Gasteiger partial charge in [-0.05, 0) is 123 Å². The second-order valence-corrected chi connectivity index (χ2v) is 10.9. The maximum Gasteiger partial charge on any atom is 0.0832 e. The molecule has 0 unspecified atom stereocenters. The molecule has 0 saturated heterocycles. The fourth-order valence-electron chi connectivity index (χ4n) is 5.72. The van der Waals surface area contributed by atoms with Gasteiger partial charge in [0.25, 0.3) is 0 Å². The van der Waals surface area contributed by atoms with Gasteiger partial charge in [-0.2, -0.15) is 0 Å². The largest absolute Gasteiger partial charge is 0.309 e. The molecule has 1 nitrogen and oxygen atoms in total. The number of nitrogens with zero attached hydrogens (tertiary/aromatic N) is 1. The number of hydrogen-bond acceptors (Lipinski definition) is 1. The molecule has 0 aromatic heterocycles. The number of rotatable bonds is 3. The van der Waals surface area contributed by atoms with Crippen LogP contribution in [-0.4, -0.2) is 0 Å². The van der Waals surface area contributed by atoms with Crippen LogP contribution in [0.5, 0.6) is 0 Å². The minimum atomic E-state index is 0.610. The molecule has 3 aromatic rings. The molecule has 178 valence electrons. The van der Waals surface area contributed by atoms with Crippen LogP contribution >= 0.6 is 23.2 Å². The first kappa shape index (κ1) is 23.8. The number of hydrogen-bond donors (Lipinski definition) is 0. The summed E-state index contributed by atoms with van der Waals surface area (Å²) in [6.45, 7) is 2.09. The van der Waals surface area contributed by atoms with Crippen molar-refractivity contribution in [2.75, 3.05) is 4.90 Å². The summed E-state index contributed by atoms with van der Waals surface area (Å²) in [5, 5.41) is 1.23. The standard InChI is InChI=1S/C31H35Cl2N/c1-22-18-29(32)31(33)30(19-22)34(27-16-14-23-10-6-2-4-8-12-25(23)20-27)28-17-15-24-11-7-3-5-9-13-26(24)21-28/h14-21H,2-13H2,1H3. The normalized spacial score (nSPS) is 16.4. The molecule has 0 heterocycles. The molecule has 0 fully saturated rings. The Kier molecular flexibility index (Phi) is 7.52. The van der Waals surface area contributed by atoms with Crippen molar-refractivity contribution in [1.29, 1.82) is 0 Å². The van der Waals surface area contributed by atoms with E-state index in [9.17, 15) is 0 Å². The quantitative estimate of drug-likeness (QED) is 0.352. The van der Waals surface area contributed by atoms with Crippen molar-refractivity contribution in [3.8, 4) is 0 Å². The fourth-order valence-corrected chi connectivity index (χ4v) is 6.18. The molecule has 0 atom stereocenters. The predicted molar refractivity (Wildman–Crippen MR) is 148 cm³/mol. The van der Waals surface area contributed by atoms with Crippen molar-refractivity contribution in [2.45, 2.75) is 84.0 Å². The summed E-state index contributed by atoms with van der Waals surface area (Å²) in [7, 11) is 0. The lowest BCUT2D eigenvalue weighted by molar-refractivity contribution is 0.617. The molecule has 0 bridgehead atoms. The van der Waals surface area contributed by atoms with Crippen LogP contribution in [0.1, 0.15) is 79.2 Å². The van der Waals surface area contributed by atoms with E-state index in [0.717, 1.165) is 24.1 Å². The van der Waals surface area contributed by atoms with Crippen LogP contribution in [0.4, 0.5) is 17.1 Å². The van der Waals surface area contributed by atoms with Crippen molar-refractivity contribution in [3.05, 3.63) is 86.4 Å².